The van der Waals surface area contributed by atoms with Crippen LogP contribution in [0.15, 0.2) is 9.95 Å². The summed E-state index contributed by atoms with van der Waals surface area (Å²) < 4.78 is 1.62. The first-order chi connectivity index (χ1) is 12.1. The first-order valence-corrected chi connectivity index (χ1v) is 10.8. The molecule has 0 spiro atoms. The fourth-order valence-corrected chi connectivity index (χ4v) is 6.07. The molecule has 3 heterocycles. The molecule has 0 saturated carbocycles. The zero-order chi connectivity index (χ0) is 17.6. The zero-order valence-electron chi connectivity index (χ0n) is 14.7. The molecule has 1 unspecified atom stereocenters. The molecule has 4 rings (SSSR count). The maximum Gasteiger partial charge on any atom is 0.262 e. The van der Waals surface area contributed by atoms with Gasteiger partial charge in [-0.3, -0.25) is 14.2 Å². The first kappa shape index (κ1) is 17.1. The summed E-state index contributed by atoms with van der Waals surface area (Å²) in [5, 5.41) is 1.45. The Morgan fingerprint density at radius 1 is 1.32 bits per heavy atom. The maximum atomic E-state index is 12.8. The Hall–Kier alpha value is -1.34. The van der Waals surface area contributed by atoms with Crippen LogP contribution in [0.1, 0.15) is 43.0 Å². The maximum absolute atomic E-state index is 12.8. The Bertz CT molecular complexity index is 887. The molecule has 134 valence electrons. The smallest absolute Gasteiger partial charge is 0.262 e. The summed E-state index contributed by atoms with van der Waals surface area (Å²) in [5.74, 6) is 0.501. The lowest BCUT2D eigenvalue weighted by Gasteiger charge is -2.33. The molecule has 2 aromatic heterocycles. The number of thioether (sulfide) groups is 1. The van der Waals surface area contributed by atoms with Crippen molar-refractivity contribution < 1.29 is 4.79 Å². The van der Waals surface area contributed by atoms with Crippen molar-refractivity contribution in [3.8, 4) is 0 Å². The van der Waals surface area contributed by atoms with Gasteiger partial charge in [-0.05, 0) is 51.0 Å². The van der Waals surface area contributed by atoms with Crippen molar-refractivity contribution in [2.24, 2.45) is 7.05 Å². The van der Waals surface area contributed by atoms with E-state index >= 15 is 0 Å². The number of aryl methyl sites for hydroxylation is 2. The zero-order valence-corrected chi connectivity index (χ0v) is 16.3. The Morgan fingerprint density at radius 3 is 2.96 bits per heavy atom. The molecule has 1 amide bonds. The van der Waals surface area contributed by atoms with E-state index in [1.54, 1.807) is 23.0 Å². The molecule has 1 fully saturated rings. The Morgan fingerprint density at radius 2 is 2.16 bits per heavy atom. The van der Waals surface area contributed by atoms with Gasteiger partial charge in [0.05, 0.1) is 11.1 Å². The molecular weight excluding hydrogens is 354 g/mol. The van der Waals surface area contributed by atoms with Crippen LogP contribution >= 0.6 is 23.1 Å². The monoisotopic (exact) mass is 377 g/mol. The van der Waals surface area contributed by atoms with Gasteiger partial charge >= 0.3 is 0 Å². The van der Waals surface area contributed by atoms with E-state index in [9.17, 15) is 9.59 Å². The van der Waals surface area contributed by atoms with Crippen LogP contribution < -0.4 is 5.56 Å². The van der Waals surface area contributed by atoms with Gasteiger partial charge in [-0.2, -0.15) is 0 Å². The summed E-state index contributed by atoms with van der Waals surface area (Å²) in [6, 6.07) is 0.321. The second-order valence-corrected chi connectivity index (χ2v) is 9.04. The van der Waals surface area contributed by atoms with Crippen molar-refractivity contribution >= 4 is 39.2 Å². The normalized spacial score (nSPS) is 20.2. The average Bonchev–Trinajstić information content (AvgIpc) is 3.17. The van der Waals surface area contributed by atoms with E-state index < -0.39 is 0 Å². The molecule has 5 nitrogen and oxygen atoms in total. The van der Waals surface area contributed by atoms with Crippen molar-refractivity contribution in [3.05, 3.63) is 20.8 Å². The van der Waals surface area contributed by atoms with Crippen molar-refractivity contribution in [1.82, 2.24) is 14.5 Å². The fraction of sp³-hybridized carbons (Fsp3) is 0.611. The minimum absolute atomic E-state index is 0.0330. The van der Waals surface area contributed by atoms with Crippen LogP contribution in [-0.4, -0.2) is 38.7 Å². The van der Waals surface area contributed by atoms with Crippen LogP contribution in [0.3, 0.4) is 0 Å². The largest absolute Gasteiger partial charge is 0.339 e. The highest BCUT2D eigenvalue weighted by Gasteiger charge is 2.25. The number of amides is 1. The third kappa shape index (κ3) is 3.01. The van der Waals surface area contributed by atoms with E-state index in [4.69, 9.17) is 4.98 Å². The van der Waals surface area contributed by atoms with Gasteiger partial charge in [0.1, 0.15) is 4.83 Å². The molecule has 0 aromatic carbocycles. The summed E-state index contributed by atoms with van der Waals surface area (Å²) in [6.07, 6.45) is 6.56. The summed E-state index contributed by atoms with van der Waals surface area (Å²) in [5.41, 5.74) is 1.24. The van der Waals surface area contributed by atoms with Crippen molar-refractivity contribution in [1.29, 1.82) is 0 Å². The minimum atomic E-state index is 0.0330. The van der Waals surface area contributed by atoms with E-state index in [0.29, 0.717) is 17.0 Å². The molecule has 0 radical (unpaired) electrons. The summed E-state index contributed by atoms with van der Waals surface area (Å²) in [6.45, 7) is 2.97. The number of carbonyl (C=O) groups is 1. The van der Waals surface area contributed by atoms with Crippen LogP contribution in [-0.2, 0) is 24.7 Å². The minimum Gasteiger partial charge on any atom is -0.339 e. The van der Waals surface area contributed by atoms with Gasteiger partial charge in [0.2, 0.25) is 5.91 Å². The third-order valence-corrected chi connectivity index (χ3v) is 7.55. The van der Waals surface area contributed by atoms with Gasteiger partial charge in [-0.25, -0.2) is 4.98 Å². The molecule has 1 aliphatic heterocycles. The second-order valence-electron chi connectivity index (χ2n) is 7.02. The average molecular weight is 378 g/mol. The molecule has 2 aromatic rings. The predicted molar refractivity (Wildman–Crippen MR) is 103 cm³/mol. The van der Waals surface area contributed by atoms with Gasteiger partial charge in [0.25, 0.3) is 5.56 Å². The highest BCUT2D eigenvalue weighted by Crippen LogP contribution is 2.35. The van der Waals surface area contributed by atoms with Crippen molar-refractivity contribution in [2.45, 2.75) is 56.6 Å². The van der Waals surface area contributed by atoms with Gasteiger partial charge in [0.15, 0.2) is 5.16 Å². The number of rotatable bonds is 3. The Balaban J connectivity index is 1.57. The highest BCUT2D eigenvalue weighted by atomic mass is 32.2. The number of nitrogens with zero attached hydrogens (tertiary/aromatic N) is 3. The summed E-state index contributed by atoms with van der Waals surface area (Å²) >= 11 is 3.04. The van der Waals surface area contributed by atoms with Crippen LogP contribution in [0.25, 0.3) is 10.2 Å². The van der Waals surface area contributed by atoms with Crippen LogP contribution in [0.5, 0.6) is 0 Å². The molecule has 2 aliphatic rings. The lowest BCUT2D eigenvalue weighted by atomic mass is 10.0. The first-order valence-electron chi connectivity index (χ1n) is 9.00. The summed E-state index contributed by atoms with van der Waals surface area (Å²) in [4.78, 5) is 34.2. The van der Waals surface area contributed by atoms with Crippen LogP contribution in [0, 0.1) is 0 Å². The van der Waals surface area contributed by atoms with E-state index in [1.165, 1.54) is 28.6 Å². The van der Waals surface area contributed by atoms with Gasteiger partial charge in [-0.1, -0.05) is 11.8 Å². The Labute approximate surface area is 155 Å². The fourth-order valence-electron chi connectivity index (χ4n) is 3.91. The lowest BCUT2D eigenvalue weighted by molar-refractivity contribution is -0.131. The van der Waals surface area contributed by atoms with E-state index in [0.717, 1.165) is 48.9 Å². The molecule has 1 atom stereocenters. The number of fused-ring (bicyclic) bond motifs is 3. The molecular formula is C18H23N3O2S2. The molecule has 0 bridgehead atoms. The van der Waals surface area contributed by atoms with E-state index in [1.807, 2.05) is 4.90 Å². The molecule has 0 N–H and O–H groups in total. The highest BCUT2D eigenvalue weighted by molar-refractivity contribution is 7.99. The van der Waals surface area contributed by atoms with Crippen LogP contribution in [0.2, 0.25) is 0 Å². The lowest BCUT2D eigenvalue weighted by Crippen LogP contribution is -2.43. The van der Waals surface area contributed by atoms with Gasteiger partial charge in [0, 0.05) is 24.5 Å². The third-order valence-electron chi connectivity index (χ3n) is 5.35. The predicted octanol–water partition coefficient (Wildman–Crippen LogP) is 2.98. The SMILES string of the molecule is CC1CCCCN1C(=O)CSc1nc2sc3c(c2c(=O)n1C)CCC3. The number of hydrogen-bond acceptors (Lipinski definition) is 5. The van der Waals surface area contributed by atoms with Crippen LogP contribution in [0.4, 0.5) is 0 Å². The van der Waals surface area contributed by atoms with Gasteiger partial charge < -0.3 is 4.90 Å². The van der Waals surface area contributed by atoms with Crippen molar-refractivity contribution in [2.75, 3.05) is 12.3 Å². The number of thiophene rings is 1. The van der Waals surface area contributed by atoms with E-state index in [-0.39, 0.29) is 11.5 Å². The number of carbonyl (C=O) groups excluding carboxylic acids is 1. The number of aromatic nitrogens is 2. The van der Waals surface area contributed by atoms with E-state index in [2.05, 4.69) is 6.92 Å². The topological polar surface area (TPSA) is 55.2 Å². The summed E-state index contributed by atoms with van der Waals surface area (Å²) in [7, 11) is 1.77. The Kier molecular flexibility index (Phi) is 4.62. The molecule has 1 aliphatic carbocycles. The number of likely N-dealkylation sites (tertiary alicyclic amines) is 1. The standard InChI is InChI=1S/C18H23N3O2S2/c1-11-6-3-4-9-21(11)14(22)10-24-18-19-16-15(17(23)20(18)2)12-7-5-8-13(12)25-16/h11H,3-10H2,1-2H3. The van der Waals surface area contributed by atoms with Crippen molar-refractivity contribution in [3.63, 3.8) is 0 Å². The number of piperidine rings is 1. The number of hydrogen-bond donors (Lipinski definition) is 0. The molecule has 7 heteroatoms. The molecule has 1 saturated heterocycles. The molecule has 25 heavy (non-hydrogen) atoms. The second kappa shape index (κ2) is 6.76. The quantitative estimate of drug-likeness (QED) is 0.610. The van der Waals surface area contributed by atoms with Gasteiger partial charge in [-0.15, -0.1) is 11.3 Å².